The summed E-state index contributed by atoms with van der Waals surface area (Å²) in [4.78, 5) is 15.7. The second kappa shape index (κ2) is 5.89. The zero-order valence-corrected chi connectivity index (χ0v) is 12.6. The Morgan fingerprint density at radius 2 is 1.76 bits per heavy atom. The third-order valence-corrected chi connectivity index (χ3v) is 4.48. The monoisotopic (exact) mass is 313 g/mol. The van der Waals surface area contributed by atoms with Crippen LogP contribution in [0, 0.1) is 24.4 Å². The molecule has 1 unspecified atom stereocenters. The number of aryl methyl sites for hydroxylation is 1. The number of carbonyl (C=O) groups excluding carboxylic acids is 1. The fraction of sp³-hybridized carbons (Fsp3) is 0.267. The first kappa shape index (κ1) is 15.6. The standard InChI is InChI=1S/C15H14F3NOS/c1-8-4-5-13(21-8)9(2)19(3)15(20)10-6-11(16)14(18)12(17)7-10/h4-7,9H,1-3H3. The summed E-state index contributed by atoms with van der Waals surface area (Å²) in [6.45, 7) is 3.77. The molecule has 1 aromatic heterocycles. The summed E-state index contributed by atoms with van der Waals surface area (Å²) >= 11 is 1.54. The van der Waals surface area contributed by atoms with E-state index in [-0.39, 0.29) is 11.6 Å². The summed E-state index contributed by atoms with van der Waals surface area (Å²) in [5.41, 5.74) is -0.214. The Morgan fingerprint density at radius 3 is 2.24 bits per heavy atom. The number of carbonyl (C=O) groups is 1. The van der Waals surface area contributed by atoms with E-state index in [4.69, 9.17) is 0 Å². The van der Waals surface area contributed by atoms with Crippen LogP contribution >= 0.6 is 11.3 Å². The van der Waals surface area contributed by atoms with Gasteiger partial charge in [-0.1, -0.05) is 0 Å². The van der Waals surface area contributed by atoms with Crippen molar-refractivity contribution in [1.82, 2.24) is 4.90 Å². The van der Waals surface area contributed by atoms with Crippen molar-refractivity contribution in [2.75, 3.05) is 7.05 Å². The maximum Gasteiger partial charge on any atom is 0.254 e. The van der Waals surface area contributed by atoms with E-state index < -0.39 is 23.4 Å². The summed E-state index contributed by atoms with van der Waals surface area (Å²) in [5, 5.41) is 0. The van der Waals surface area contributed by atoms with Gasteiger partial charge in [-0.15, -0.1) is 11.3 Å². The summed E-state index contributed by atoms with van der Waals surface area (Å²) in [7, 11) is 1.54. The second-order valence-corrected chi connectivity index (χ2v) is 6.11. The van der Waals surface area contributed by atoms with Gasteiger partial charge in [0.2, 0.25) is 0 Å². The molecular weight excluding hydrogens is 299 g/mol. The molecule has 0 aliphatic carbocycles. The predicted octanol–water partition coefficient (Wildman–Crippen LogP) is 4.31. The molecule has 1 amide bonds. The van der Waals surface area contributed by atoms with Crippen LogP contribution in [0.2, 0.25) is 0 Å². The van der Waals surface area contributed by atoms with Gasteiger partial charge in [-0.3, -0.25) is 4.79 Å². The molecule has 0 aliphatic heterocycles. The Kier molecular flexibility index (Phi) is 4.37. The van der Waals surface area contributed by atoms with E-state index in [1.54, 1.807) is 18.4 Å². The number of nitrogens with zero attached hydrogens (tertiary/aromatic N) is 1. The Morgan fingerprint density at radius 1 is 1.19 bits per heavy atom. The number of thiophene rings is 1. The minimum absolute atomic E-state index is 0.214. The minimum atomic E-state index is -1.57. The Labute approximate surface area is 124 Å². The zero-order chi connectivity index (χ0) is 15.7. The number of halogens is 3. The molecule has 1 heterocycles. The van der Waals surface area contributed by atoms with Crippen LogP contribution in [0.1, 0.15) is 33.1 Å². The maximum absolute atomic E-state index is 13.2. The SMILES string of the molecule is Cc1ccc(C(C)N(C)C(=O)c2cc(F)c(F)c(F)c2)s1. The van der Waals surface area contributed by atoms with Gasteiger partial charge in [-0.25, -0.2) is 13.2 Å². The topological polar surface area (TPSA) is 20.3 Å². The lowest BCUT2D eigenvalue weighted by atomic mass is 10.1. The first-order chi connectivity index (χ1) is 9.81. The molecule has 0 aliphatic rings. The molecule has 6 heteroatoms. The van der Waals surface area contributed by atoms with Gasteiger partial charge < -0.3 is 4.90 Å². The predicted molar refractivity (Wildman–Crippen MR) is 75.9 cm³/mol. The molecule has 0 radical (unpaired) electrons. The number of hydrogen-bond acceptors (Lipinski definition) is 2. The minimum Gasteiger partial charge on any atom is -0.334 e. The van der Waals surface area contributed by atoms with Gasteiger partial charge >= 0.3 is 0 Å². The molecule has 0 N–H and O–H groups in total. The molecule has 21 heavy (non-hydrogen) atoms. The quantitative estimate of drug-likeness (QED) is 0.773. The molecule has 0 bridgehead atoms. The number of rotatable bonds is 3. The molecule has 0 fully saturated rings. The van der Waals surface area contributed by atoms with Crippen molar-refractivity contribution in [2.24, 2.45) is 0 Å². The van der Waals surface area contributed by atoms with Gasteiger partial charge in [-0.05, 0) is 38.1 Å². The first-order valence-corrected chi connectivity index (χ1v) is 7.11. The van der Waals surface area contributed by atoms with E-state index in [0.717, 1.165) is 9.75 Å². The molecule has 2 rings (SSSR count). The lowest BCUT2D eigenvalue weighted by molar-refractivity contribution is 0.0743. The Bertz CT molecular complexity index is 660. The van der Waals surface area contributed by atoms with Crippen LogP contribution in [0.5, 0.6) is 0 Å². The molecule has 1 aromatic carbocycles. The fourth-order valence-electron chi connectivity index (χ4n) is 1.93. The molecule has 0 spiro atoms. The average molecular weight is 313 g/mol. The highest BCUT2D eigenvalue weighted by atomic mass is 32.1. The van der Waals surface area contributed by atoms with Crippen molar-refractivity contribution < 1.29 is 18.0 Å². The summed E-state index contributed by atoms with van der Waals surface area (Å²) in [6.07, 6.45) is 0. The van der Waals surface area contributed by atoms with Crippen molar-refractivity contribution in [3.05, 3.63) is 57.0 Å². The third-order valence-electron chi connectivity index (χ3n) is 3.30. The van der Waals surface area contributed by atoms with E-state index in [9.17, 15) is 18.0 Å². The van der Waals surface area contributed by atoms with Gasteiger partial charge in [0.15, 0.2) is 17.5 Å². The van der Waals surface area contributed by atoms with Crippen LogP contribution in [0.3, 0.4) is 0 Å². The van der Waals surface area contributed by atoms with Crippen LogP contribution in [0.25, 0.3) is 0 Å². The zero-order valence-electron chi connectivity index (χ0n) is 11.8. The maximum atomic E-state index is 13.2. The van der Waals surface area contributed by atoms with E-state index in [1.807, 2.05) is 26.0 Å². The third kappa shape index (κ3) is 3.10. The van der Waals surface area contributed by atoms with E-state index in [1.165, 1.54) is 4.90 Å². The number of hydrogen-bond donors (Lipinski definition) is 0. The summed E-state index contributed by atoms with van der Waals surface area (Å²) in [6, 6.07) is 5.02. The molecule has 0 saturated carbocycles. The van der Waals surface area contributed by atoms with Gasteiger partial charge in [0.1, 0.15) is 0 Å². The van der Waals surface area contributed by atoms with Crippen molar-refractivity contribution in [3.63, 3.8) is 0 Å². The molecule has 112 valence electrons. The smallest absolute Gasteiger partial charge is 0.254 e. The Balaban J connectivity index is 2.27. The molecule has 0 saturated heterocycles. The normalized spacial score (nSPS) is 12.3. The van der Waals surface area contributed by atoms with Gasteiger partial charge in [0.25, 0.3) is 5.91 Å². The van der Waals surface area contributed by atoms with E-state index in [0.29, 0.717) is 12.1 Å². The van der Waals surface area contributed by atoms with Crippen molar-refractivity contribution in [2.45, 2.75) is 19.9 Å². The highest BCUT2D eigenvalue weighted by Crippen LogP contribution is 2.27. The van der Waals surface area contributed by atoms with Gasteiger partial charge in [-0.2, -0.15) is 0 Å². The van der Waals surface area contributed by atoms with Crippen LogP contribution in [-0.2, 0) is 0 Å². The number of amides is 1. The molecule has 2 aromatic rings. The van der Waals surface area contributed by atoms with Crippen molar-refractivity contribution in [1.29, 1.82) is 0 Å². The largest absolute Gasteiger partial charge is 0.334 e. The average Bonchev–Trinajstić information content (AvgIpc) is 2.88. The van der Waals surface area contributed by atoms with Crippen LogP contribution in [0.4, 0.5) is 13.2 Å². The summed E-state index contributed by atoms with van der Waals surface area (Å²) in [5.74, 6) is -4.87. The second-order valence-electron chi connectivity index (χ2n) is 4.79. The number of benzene rings is 1. The highest BCUT2D eigenvalue weighted by Gasteiger charge is 2.22. The summed E-state index contributed by atoms with van der Waals surface area (Å²) < 4.78 is 39.3. The lowest BCUT2D eigenvalue weighted by Crippen LogP contribution is -2.29. The first-order valence-electron chi connectivity index (χ1n) is 6.29. The molecule has 1 atom stereocenters. The van der Waals surface area contributed by atoms with Crippen LogP contribution in [0.15, 0.2) is 24.3 Å². The van der Waals surface area contributed by atoms with Crippen molar-refractivity contribution in [3.8, 4) is 0 Å². The van der Waals surface area contributed by atoms with Gasteiger partial charge in [0, 0.05) is 22.4 Å². The lowest BCUT2D eigenvalue weighted by Gasteiger charge is -2.24. The van der Waals surface area contributed by atoms with E-state index >= 15 is 0 Å². The fourth-order valence-corrected chi connectivity index (χ4v) is 2.90. The van der Waals surface area contributed by atoms with Crippen LogP contribution in [-0.4, -0.2) is 17.9 Å². The van der Waals surface area contributed by atoms with Gasteiger partial charge in [0.05, 0.1) is 6.04 Å². The van der Waals surface area contributed by atoms with Crippen molar-refractivity contribution >= 4 is 17.2 Å². The van der Waals surface area contributed by atoms with Crippen LogP contribution < -0.4 is 0 Å². The Hall–Kier alpha value is -1.82. The van der Waals surface area contributed by atoms with E-state index in [2.05, 4.69) is 0 Å². The molecular formula is C15H14F3NOS. The molecule has 2 nitrogen and oxygen atoms in total. The highest BCUT2D eigenvalue weighted by molar-refractivity contribution is 7.12.